The predicted molar refractivity (Wildman–Crippen MR) is 84.7 cm³/mol. The van der Waals surface area contributed by atoms with Crippen molar-refractivity contribution in [3.05, 3.63) is 54.4 Å². The zero-order valence-corrected chi connectivity index (χ0v) is 12.1. The molecule has 0 fully saturated rings. The first-order chi connectivity index (χ1) is 10.7. The first kappa shape index (κ1) is 13.8. The van der Waals surface area contributed by atoms with Crippen molar-refractivity contribution in [3.8, 4) is 11.8 Å². The summed E-state index contributed by atoms with van der Waals surface area (Å²) in [7, 11) is 0. The number of hydrogen-bond donors (Lipinski definition) is 1. The third kappa shape index (κ3) is 2.54. The monoisotopic (exact) mass is 290 g/mol. The Bertz CT molecular complexity index is 872. The molecule has 0 aliphatic rings. The summed E-state index contributed by atoms with van der Waals surface area (Å²) < 4.78 is 2.07. The van der Waals surface area contributed by atoms with Crippen molar-refractivity contribution in [2.45, 2.75) is 13.3 Å². The van der Waals surface area contributed by atoms with Crippen LogP contribution in [-0.2, 0) is 4.79 Å². The van der Waals surface area contributed by atoms with Crippen LogP contribution in [0.4, 0.5) is 5.69 Å². The number of nitrogens with one attached hydrogen (secondary N) is 1. The molecule has 3 rings (SSSR count). The van der Waals surface area contributed by atoms with Gasteiger partial charge in [-0.2, -0.15) is 5.26 Å². The Kier molecular flexibility index (Phi) is 3.58. The van der Waals surface area contributed by atoms with Crippen LogP contribution in [0.3, 0.4) is 0 Å². The number of carbonyl (C=O) groups is 1. The molecule has 1 amide bonds. The Balaban J connectivity index is 1.94. The van der Waals surface area contributed by atoms with Gasteiger partial charge in [0, 0.05) is 11.4 Å². The highest BCUT2D eigenvalue weighted by atomic mass is 16.1. The summed E-state index contributed by atoms with van der Waals surface area (Å²) in [6, 6.07) is 17.3. The summed E-state index contributed by atoms with van der Waals surface area (Å²) in [6.07, 6.45) is -0.146. The number of hydrogen-bond acceptors (Lipinski definition) is 3. The van der Waals surface area contributed by atoms with Crippen molar-refractivity contribution in [3.63, 3.8) is 0 Å². The Morgan fingerprint density at radius 1 is 1.23 bits per heavy atom. The summed E-state index contributed by atoms with van der Waals surface area (Å²) in [5.74, 6) is 0.599. The van der Waals surface area contributed by atoms with Crippen molar-refractivity contribution in [2.75, 3.05) is 5.32 Å². The number of imidazole rings is 1. The van der Waals surface area contributed by atoms with Gasteiger partial charge in [0.1, 0.15) is 12.2 Å². The molecule has 22 heavy (non-hydrogen) atoms. The quantitative estimate of drug-likeness (QED) is 0.805. The standard InChI is InChI=1S/C17H14N4O/c1-12-19-15-4-2-3-5-16(15)21(12)14-8-6-13(7-9-14)20-17(22)10-11-18/h2-9H,10H2,1H3,(H,20,22). The van der Waals surface area contributed by atoms with Gasteiger partial charge in [0.2, 0.25) is 5.91 Å². The highest BCUT2D eigenvalue weighted by Gasteiger charge is 2.08. The smallest absolute Gasteiger partial charge is 0.238 e. The molecular weight excluding hydrogens is 276 g/mol. The summed E-state index contributed by atoms with van der Waals surface area (Å²) in [5.41, 5.74) is 3.64. The van der Waals surface area contributed by atoms with Gasteiger partial charge < -0.3 is 5.32 Å². The second kappa shape index (κ2) is 5.70. The number of nitrogens with zero attached hydrogens (tertiary/aromatic N) is 3. The van der Waals surface area contributed by atoms with E-state index in [-0.39, 0.29) is 12.3 Å². The molecule has 5 heteroatoms. The van der Waals surface area contributed by atoms with Crippen LogP contribution in [-0.4, -0.2) is 15.5 Å². The molecule has 0 aliphatic carbocycles. The second-order valence-electron chi connectivity index (χ2n) is 4.91. The first-order valence-corrected chi connectivity index (χ1v) is 6.90. The number of benzene rings is 2. The van der Waals surface area contributed by atoms with E-state index in [0.717, 1.165) is 22.5 Å². The van der Waals surface area contributed by atoms with Crippen LogP contribution < -0.4 is 5.32 Å². The van der Waals surface area contributed by atoms with E-state index in [1.54, 1.807) is 0 Å². The normalized spacial score (nSPS) is 10.4. The van der Waals surface area contributed by atoms with E-state index in [1.807, 2.05) is 61.5 Å². The van der Waals surface area contributed by atoms with Crippen LogP contribution in [0.15, 0.2) is 48.5 Å². The summed E-state index contributed by atoms with van der Waals surface area (Å²) in [5, 5.41) is 11.2. The van der Waals surface area contributed by atoms with Gasteiger partial charge in [-0.3, -0.25) is 9.36 Å². The van der Waals surface area contributed by atoms with Crippen molar-refractivity contribution in [1.82, 2.24) is 9.55 Å². The largest absolute Gasteiger partial charge is 0.325 e. The number of aromatic nitrogens is 2. The summed E-state index contributed by atoms with van der Waals surface area (Å²) >= 11 is 0. The van der Waals surface area contributed by atoms with Gasteiger partial charge in [0.15, 0.2) is 0 Å². The van der Waals surface area contributed by atoms with E-state index >= 15 is 0 Å². The van der Waals surface area contributed by atoms with Gasteiger partial charge in [-0.15, -0.1) is 0 Å². The minimum absolute atomic E-state index is 0.146. The molecule has 2 aromatic carbocycles. The lowest BCUT2D eigenvalue weighted by Gasteiger charge is -2.08. The molecular formula is C17H14N4O. The maximum Gasteiger partial charge on any atom is 0.238 e. The van der Waals surface area contributed by atoms with Crippen molar-refractivity contribution in [1.29, 1.82) is 5.26 Å². The van der Waals surface area contributed by atoms with Crippen LogP contribution in [0.1, 0.15) is 12.2 Å². The minimum Gasteiger partial charge on any atom is -0.325 e. The van der Waals surface area contributed by atoms with Crippen LogP contribution in [0, 0.1) is 18.3 Å². The molecule has 3 aromatic rings. The molecule has 0 aliphatic heterocycles. The first-order valence-electron chi connectivity index (χ1n) is 6.90. The molecule has 5 nitrogen and oxygen atoms in total. The van der Waals surface area contributed by atoms with Gasteiger partial charge in [0.25, 0.3) is 0 Å². The number of aryl methyl sites for hydroxylation is 1. The maximum atomic E-state index is 11.4. The van der Waals surface area contributed by atoms with E-state index < -0.39 is 0 Å². The Morgan fingerprint density at radius 2 is 1.95 bits per heavy atom. The lowest BCUT2D eigenvalue weighted by atomic mass is 10.2. The minimum atomic E-state index is -0.306. The van der Waals surface area contributed by atoms with E-state index in [0.29, 0.717) is 5.69 Å². The Hall–Kier alpha value is -3.13. The molecule has 1 N–H and O–H groups in total. The van der Waals surface area contributed by atoms with Gasteiger partial charge in [0.05, 0.1) is 17.1 Å². The van der Waals surface area contributed by atoms with Crippen LogP contribution in [0.25, 0.3) is 16.7 Å². The van der Waals surface area contributed by atoms with E-state index in [2.05, 4.69) is 14.9 Å². The lowest BCUT2D eigenvalue weighted by molar-refractivity contribution is -0.115. The number of amides is 1. The number of anilines is 1. The Morgan fingerprint density at radius 3 is 2.68 bits per heavy atom. The third-order valence-corrected chi connectivity index (χ3v) is 3.38. The zero-order chi connectivity index (χ0) is 15.5. The number of rotatable bonds is 3. The average molecular weight is 290 g/mol. The fraction of sp³-hybridized carbons (Fsp3) is 0.118. The van der Waals surface area contributed by atoms with Gasteiger partial charge in [-0.05, 0) is 43.3 Å². The lowest BCUT2D eigenvalue weighted by Crippen LogP contribution is -2.10. The van der Waals surface area contributed by atoms with Crippen LogP contribution in [0.2, 0.25) is 0 Å². The number of nitriles is 1. The fourth-order valence-corrected chi connectivity index (χ4v) is 2.44. The van der Waals surface area contributed by atoms with E-state index in [4.69, 9.17) is 5.26 Å². The molecule has 1 heterocycles. The number of fused-ring (bicyclic) bond motifs is 1. The topological polar surface area (TPSA) is 70.7 Å². The average Bonchev–Trinajstić information content (AvgIpc) is 2.84. The molecule has 0 bridgehead atoms. The SMILES string of the molecule is Cc1nc2ccccc2n1-c1ccc(NC(=O)CC#N)cc1. The van der Waals surface area contributed by atoms with Crippen molar-refractivity contribution in [2.24, 2.45) is 0 Å². The van der Waals surface area contributed by atoms with Crippen molar-refractivity contribution < 1.29 is 4.79 Å². The molecule has 0 saturated heterocycles. The van der Waals surface area contributed by atoms with E-state index in [9.17, 15) is 4.79 Å². The highest BCUT2D eigenvalue weighted by Crippen LogP contribution is 2.22. The number of para-hydroxylation sites is 2. The van der Waals surface area contributed by atoms with Gasteiger partial charge in [-0.25, -0.2) is 4.98 Å². The maximum absolute atomic E-state index is 11.4. The summed E-state index contributed by atoms with van der Waals surface area (Å²) in [6.45, 7) is 1.96. The van der Waals surface area contributed by atoms with Gasteiger partial charge in [-0.1, -0.05) is 12.1 Å². The third-order valence-electron chi connectivity index (χ3n) is 3.38. The molecule has 0 saturated carbocycles. The fourth-order valence-electron chi connectivity index (χ4n) is 2.44. The molecule has 1 aromatic heterocycles. The summed E-state index contributed by atoms with van der Waals surface area (Å²) in [4.78, 5) is 15.9. The molecule has 0 atom stereocenters. The van der Waals surface area contributed by atoms with E-state index in [1.165, 1.54) is 0 Å². The predicted octanol–water partition coefficient (Wildman–Crippen LogP) is 3.19. The highest BCUT2D eigenvalue weighted by molar-refractivity contribution is 5.92. The second-order valence-corrected chi connectivity index (χ2v) is 4.91. The van der Waals surface area contributed by atoms with Gasteiger partial charge >= 0.3 is 0 Å². The molecule has 108 valence electrons. The molecule has 0 spiro atoms. The van der Waals surface area contributed by atoms with Crippen LogP contribution >= 0.6 is 0 Å². The number of carbonyl (C=O) groups excluding carboxylic acids is 1. The Labute approximate surface area is 127 Å². The van der Waals surface area contributed by atoms with Crippen molar-refractivity contribution >= 4 is 22.6 Å². The molecule has 0 unspecified atom stereocenters. The molecule has 0 radical (unpaired) electrons. The zero-order valence-electron chi connectivity index (χ0n) is 12.1. The van der Waals surface area contributed by atoms with Crippen LogP contribution in [0.5, 0.6) is 0 Å².